The number of carbonyl (C=O) groups is 1. The van der Waals surface area contributed by atoms with Gasteiger partial charge in [-0.3, -0.25) is 4.79 Å². The van der Waals surface area contributed by atoms with Gasteiger partial charge in [0, 0.05) is 23.8 Å². The second-order valence-electron chi connectivity index (χ2n) is 15.6. The summed E-state index contributed by atoms with van der Waals surface area (Å²) in [6.45, 7) is -2.42. The van der Waals surface area contributed by atoms with Crippen molar-refractivity contribution in [3.63, 3.8) is 0 Å². The van der Waals surface area contributed by atoms with E-state index in [-0.39, 0.29) is 28.6 Å². The van der Waals surface area contributed by atoms with Crippen LogP contribution >= 0.6 is 0 Å². The maximum Gasteiger partial charge on any atom is 0.331 e. The van der Waals surface area contributed by atoms with Crippen LogP contribution in [0.4, 0.5) is 0 Å². The summed E-state index contributed by atoms with van der Waals surface area (Å²) >= 11 is 0. The summed E-state index contributed by atoms with van der Waals surface area (Å²) in [6, 6.07) is 11.3. The van der Waals surface area contributed by atoms with Gasteiger partial charge in [-0.05, 0) is 48.0 Å². The lowest BCUT2D eigenvalue weighted by molar-refractivity contribution is -0.281. The molecule has 4 aromatic rings. The van der Waals surface area contributed by atoms with Crippen LogP contribution in [0.25, 0.3) is 28.4 Å². The molecule has 4 heterocycles. The Hall–Kier alpha value is -5.68. The van der Waals surface area contributed by atoms with Gasteiger partial charge < -0.3 is 109 Å². The lowest BCUT2D eigenvalue weighted by Crippen LogP contribution is -2.61. The molecule has 67 heavy (non-hydrogen) atoms. The molecule has 0 radical (unpaired) electrons. The van der Waals surface area contributed by atoms with Crippen LogP contribution in [0.5, 0.6) is 34.5 Å². The Morgan fingerprint density at radius 3 is 1.76 bits per heavy atom. The molecule has 24 nitrogen and oxygen atoms in total. The normalized spacial score (nSPS) is 32.2. The van der Waals surface area contributed by atoms with Crippen molar-refractivity contribution in [3.8, 4) is 45.8 Å². The van der Waals surface area contributed by atoms with Crippen LogP contribution in [0.2, 0.25) is 0 Å². The number of phenols is 2. The van der Waals surface area contributed by atoms with E-state index in [2.05, 4.69) is 0 Å². The number of carbonyl (C=O) groups excluding carboxylic acids is 1. The van der Waals surface area contributed by atoms with Gasteiger partial charge in [0.2, 0.25) is 30.0 Å². The van der Waals surface area contributed by atoms with Gasteiger partial charge in [0.25, 0.3) is 0 Å². The van der Waals surface area contributed by atoms with Crippen LogP contribution in [-0.2, 0) is 23.7 Å². The molecule has 3 aromatic carbocycles. The predicted octanol–water partition coefficient (Wildman–Crippen LogP) is -3.32. The summed E-state index contributed by atoms with van der Waals surface area (Å²) in [4.78, 5) is 27.4. The van der Waals surface area contributed by atoms with E-state index in [9.17, 15) is 76.0 Å². The smallest absolute Gasteiger partial charge is 0.331 e. The first-order chi connectivity index (χ1) is 32.0. The van der Waals surface area contributed by atoms with E-state index < -0.39 is 152 Å². The number of ether oxygens (including phenoxy) is 8. The Kier molecular flexibility index (Phi) is 15.2. The third-order valence-electron chi connectivity index (χ3n) is 11.2. The second-order valence-corrected chi connectivity index (χ2v) is 15.6. The van der Waals surface area contributed by atoms with Crippen molar-refractivity contribution >= 4 is 23.0 Å². The summed E-state index contributed by atoms with van der Waals surface area (Å²) in [5, 5.41) is 134. The minimum atomic E-state index is -2.01. The molecular formula is C43H48O24. The summed E-state index contributed by atoms with van der Waals surface area (Å²) in [6.07, 6.45) is -23.8. The van der Waals surface area contributed by atoms with Gasteiger partial charge in [-0.25, -0.2) is 4.79 Å². The minimum Gasteiger partial charge on any atom is -0.507 e. The Morgan fingerprint density at radius 1 is 0.627 bits per heavy atom. The fourth-order valence-electron chi connectivity index (χ4n) is 7.43. The Balaban J connectivity index is 1.23. The van der Waals surface area contributed by atoms with E-state index in [1.54, 1.807) is 0 Å². The van der Waals surface area contributed by atoms with Crippen molar-refractivity contribution in [1.82, 2.24) is 0 Å². The van der Waals surface area contributed by atoms with Crippen LogP contribution < -0.4 is 24.4 Å². The maximum absolute atomic E-state index is 14.3. The Morgan fingerprint density at radius 2 is 1.18 bits per heavy atom. The first kappa shape index (κ1) is 49.2. The lowest BCUT2D eigenvalue weighted by Gasteiger charge is -2.41. The van der Waals surface area contributed by atoms with Crippen LogP contribution in [0, 0.1) is 0 Å². The van der Waals surface area contributed by atoms with Crippen LogP contribution in [0.1, 0.15) is 5.56 Å². The number of benzene rings is 3. The molecule has 0 spiro atoms. The molecule has 7 rings (SSSR count). The Bertz CT molecular complexity index is 2440. The number of fused-ring (bicyclic) bond motifs is 1. The zero-order valence-corrected chi connectivity index (χ0v) is 34.9. The highest BCUT2D eigenvalue weighted by molar-refractivity contribution is 5.89. The number of aliphatic hydroxyl groups excluding tert-OH is 11. The molecule has 0 saturated carbocycles. The van der Waals surface area contributed by atoms with E-state index in [1.807, 2.05) is 0 Å². The van der Waals surface area contributed by atoms with Crippen molar-refractivity contribution in [2.24, 2.45) is 0 Å². The number of hydrogen-bond acceptors (Lipinski definition) is 24. The molecule has 3 aliphatic rings. The standard InChI is InChI=1S/C43H48O24/c1-59-22-10-16(2-8-20(22)47)3-9-27(49)66-40-35(56)31(52)26(15-46)65-43(40)61-19-11-21(48)28-23(12-19)62-38(39(32(28)53)67-42-37(58)34(55)30(51)25(14-45)64-42)17-4-6-18(7-5-17)60-41-36(57)33(54)29(50)24(13-44)63-41/h2-12,24-26,29-31,33-37,40-48,50-52,54-58H,13-15H2,1H3/b9-3-. The molecule has 3 aliphatic heterocycles. The van der Waals surface area contributed by atoms with Crippen LogP contribution in [-0.4, -0.2) is 191 Å². The summed E-state index contributed by atoms with van der Waals surface area (Å²) < 4.78 is 50.5. The average Bonchev–Trinajstić information content (AvgIpc) is 3.32. The van der Waals surface area contributed by atoms with E-state index in [0.29, 0.717) is 5.56 Å². The SMILES string of the molecule is COc1cc(/C=C\C(=O)OC2C(Oc3cc(O)c4c(=O)c(OC5OC(CO)C(O)C(O)C5O)c(-c5ccc(OC6OC(CO)C(O)C(O)C6O)cc5)oc4c3)OC(CO)C(O)C2O)ccc1O. The van der Waals surface area contributed by atoms with Crippen molar-refractivity contribution in [2.45, 2.75) is 92.1 Å². The van der Waals surface area contributed by atoms with E-state index in [0.717, 1.165) is 18.2 Å². The zero-order valence-electron chi connectivity index (χ0n) is 34.9. The largest absolute Gasteiger partial charge is 0.507 e. The fourth-order valence-corrected chi connectivity index (χ4v) is 7.43. The van der Waals surface area contributed by atoms with Crippen LogP contribution in [0.15, 0.2) is 69.9 Å². The van der Waals surface area contributed by atoms with Gasteiger partial charge in [-0.1, -0.05) is 6.07 Å². The van der Waals surface area contributed by atoms with E-state index in [1.165, 1.54) is 55.7 Å². The van der Waals surface area contributed by atoms with Gasteiger partial charge >= 0.3 is 5.97 Å². The highest BCUT2D eigenvalue weighted by Crippen LogP contribution is 2.39. The summed E-state index contributed by atoms with van der Waals surface area (Å²) in [5.74, 6) is -3.52. The summed E-state index contributed by atoms with van der Waals surface area (Å²) in [5.41, 5.74) is -1.13. The predicted molar refractivity (Wildman–Crippen MR) is 220 cm³/mol. The third kappa shape index (κ3) is 10.1. The van der Waals surface area contributed by atoms with Gasteiger partial charge in [0.15, 0.2) is 23.4 Å². The molecule has 3 fully saturated rings. The number of aliphatic hydroxyl groups is 11. The molecule has 15 atom stereocenters. The molecule has 24 heteroatoms. The lowest BCUT2D eigenvalue weighted by atomic mass is 9.99. The monoisotopic (exact) mass is 948 g/mol. The van der Waals surface area contributed by atoms with Gasteiger partial charge in [0.05, 0.1) is 26.9 Å². The van der Waals surface area contributed by atoms with Crippen molar-refractivity contribution in [1.29, 1.82) is 0 Å². The number of phenolic OH excluding ortho intramolecular Hbond substituents is 2. The van der Waals surface area contributed by atoms with Crippen molar-refractivity contribution < 1.29 is 113 Å². The molecular weight excluding hydrogens is 900 g/mol. The number of methoxy groups -OCH3 is 1. The number of esters is 1. The third-order valence-corrected chi connectivity index (χ3v) is 11.2. The zero-order chi connectivity index (χ0) is 48.4. The molecule has 0 aliphatic carbocycles. The van der Waals surface area contributed by atoms with Crippen molar-refractivity contribution in [3.05, 3.63) is 76.5 Å². The van der Waals surface area contributed by atoms with E-state index in [4.69, 9.17) is 42.3 Å². The number of rotatable bonds is 14. The topological polar surface area (TPSA) is 384 Å². The van der Waals surface area contributed by atoms with E-state index >= 15 is 0 Å². The molecule has 0 bridgehead atoms. The molecule has 364 valence electrons. The highest BCUT2D eigenvalue weighted by Gasteiger charge is 2.49. The first-order valence-corrected chi connectivity index (χ1v) is 20.4. The van der Waals surface area contributed by atoms with Gasteiger partial charge in [-0.2, -0.15) is 0 Å². The average molecular weight is 949 g/mol. The highest BCUT2D eigenvalue weighted by atomic mass is 16.7. The van der Waals surface area contributed by atoms with Crippen LogP contribution in [0.3, 0.4) is 0 Å². The quantitative estimate of drug-likeness (QED) is 0.0434. The van der Waals surface area contributed by atoms with Crippen molar-refractivity contribution in [2.75, 3.05) is 26.9 Å². The summed E-state index contributed by atoms with van der Waals surface area (Å²) in [7, 11) is 1.32. The first-order valence-electron chi connectivity index (χ1n) is 20.4. The molecule has 15 unspecified atom stereocenters. The molecule has 1 aromatic heterocycles. The molecule has 3 saturated heterocycles. The fraction of sp³-hybridized carbons (Fsp3) is 0.442. The van der Waals surface area contributed by atoms with Gasteiger partial charge in [-0.15, -0.1) is 0 Å². The maximum atomic E-state index is 14.3. The molecule has 13 N–H and O–H groups in total. The Labute approximate surface area is 377 Å². The van der Waals surface area contributed by atoms with Gasteiger partial charge in [0.1, 0.15) is 95.4 Å². The number of aromatic hydroxyl groups is 2. The number of hydrogen-bond donors (Lipinski definition) is 13. The second kappa shape index (κ2) is 20.7. The molecule has 0 amide bonds. The minimum absolute atomic E-state index is 0.00912.